The average Bonchev–Trinajstić information content (AvgIpc) is 3.11. The molecule has 28 heavy (non-hydrogen) atoms. The van der Waals surface area contributed by atoms with Crippen LogP contribution in [0.5, 0.6) is 0 Å². The number of carbonyl (C=O) groups is 1. The zero-order chi connectivity index (χ0) is 20.1. The number of carbonyl (C=O) groups excluding carboxylic acids is 1. The van der Waals surface area contributed by atoms with E-state index in [1.165, 1.54) is 17.0 Å². The number of halogens is 3. The molecule has 3 aromatic rings. The first-order valence-electron chi connectivity index (χ1n) is 8.58. The third-order valence-corrected chi connectivity index (χ3v) is 4.95. The van der Waals surface area contributed by atoms with Gasteiger partial charge in [-0.05, 0) is 29.8 Å². The number of hydrogen-bond donors (Lipinski definition) is 0. The molecule has 0 saturated heterocycles. The lowest BCUT2D eigenvalue weighted by Gasteiger charge is -2.22. The van der Waals surface area contributed by atoms with Crippen molar-refractivity contribution in [3.8, 4) is 0 Å². The van der Waals surface area contributed by atoms with E-state index in [-0.39, 0.29) is 18.7 Å². The summed E-state index contributed by atoms with van der Waals surface area (Å²) in [4.78, 5) is 18.7. The second-order valence-electron chi connectivity index (χ2n) is 6.17. The molecule has 2 aromatic carbocycles. The van der Waals surface area contributed by atoms with Crippen LogP contribution in [-0.2, 0) is 13.1 Å². The molecule has 0 aliphatic heterocycles. The maximum absolute atomic E-state index is 14.0. The summed E-state index contributed by atoms with van der Waals surface area (Å²) in [6.07, 6.45) is 5.08. The van der Waals surface area contributed by atoms with Crippen LogP contribution in [-0.4, -0.2) is 26.9 Å². The van der Waals surface area contributed by atoms with Crippen LogP contribution in [0.2, 0.25) is 10.0 Å². The van der Waals surface area contributed by atoms with Crippen molar-refractivity contribution in [3.05, 3.63) is 100 Å². The first kappa shape index (κ1) is 20.1. The summed E-state index contributed by atoms with van der Waals surface area (Å²) >= 11 is 12.1. The lowest BCUT2D eigenvalue weighted by atomic mass is 10.2. The van der Waals surface area contributed by atoms with Gasteiger partial charge in [-0.15, -0.1) is 6.58 Å². The summed E-state index contributed by atoms with van der Waals surface area (Å²) in [5, 5.41) is 0.966. The Balaban J connectivity index is 1.82. The minimum Gasteiger partial charge on any atom is -0.329 e. The Morgan fingerprint density at radius 3 is 2.71 bits per heavy atom. The van der Waals surface area contributed by atoms with Gasteiger partial charge in [0, 0.05) is 25.5 Å². The fourth-order valence-electron chi connectivity index (χ4n) is 2.82. The minimum absolute atomic E-state index is 0.0203. The normalized spacial score (nSPS) is 10.7. The molecular weight excluding hydrogens is 400 g/mol. The van der Waals surface area contributed by atoms with Crippen molar-refractivity contribution >= 4 is 29.1 Å². The molecule has 1 amide bonds. The largest absolute Gasteiger partial charge is 0.329 e. The van der Waals surface area contributed by atoms with Crippen molar-refractivity contribution in [2.45, 2.75) is 13.1 Å². The Hall–Kier alpha value is -2.63. The van der Waals surface area contributed by atoms with Crippen molar-refractivity contribution in [2.75, 3.05) is 6.54 Å². The molecule has 0 fully saturated rings. The summed E-state index contributed by atoms with van der Waals surface area (Å²) in [5.41, 5.74) is 0.969. The van der Waals surface area contributed by atoms with Crippen molar-refractivity contribution in [3.63, 3.8) is 0 Å². The Bertz CT molecular complexity index is 1000. The van der Waals surface area contributed by atoms with E-state index in [9.17, 15) is 9.18 Å². The highest BCUT2D eigenvalue weighted by Gasteiger charge is 2.20. The van der Waals surface area contributed by atoms with Gasteiger partial charge in [-0.2, -0.15) is 0 Å². The van der Waals surface area contributed by atoms with E-state index in [0.717, 1.165) is 5.56 Å². The van der Waals surface area contributed by atoms with Crippen LogP contribution in [0.25, 0.3) is 0 Å². The SMILES string of the molecule is C=CCN(Cc1nccn1Cc1ccc(Cl)c(Cl)c1)C(=O)c1ccccc1F. The highest BCUT2D eigenvalue weighted by Crippen LogP contribution is 2.23. The van der Waals surface area contributed by atoms with Gasteiger partial charge in [-0.3, -0.25) is 4.79 Å². The van der Waals surface area contributed by atoms with Gasteiger partial charge in [-0.1, -0.05) is 47.5 Å². The predicted octanol–water partition coefficient (Wildman–Crippen LogP) is 5.21. The molecule has 0 bridgehead atoms. The standard InChI is InChI=1S/C21H18Cl2FN3O/c1-2-10-27(21(28)16-5-3-4-6-19(16)24)14-20-25-9-11-26(20)13-15-7-8-17(22)18(23)12-15/h2-9,11-12H,1,10,13-14H2. The molecule has 0 atom stereocenters. The first-order valence-corrected chi connectivity index (χ1v) is 9.34. The lowest BCUT2D eigenvalue weighted by molar-refractivity contribution is 0.0752. The highest BCUT2D eigenvalue weighted by molar-refractivity contribution is 6.42. The molecular formula is C21H18Cl2FN3O. The first-order chi connectivity index (χ1) is 13.5. The summed E-state index contributed by atoms with van der Waals surface area (Å²) in [6.45, 7) is 4.70. The van der Waals surface area contributed by atoms with Crippen LogP contribution in [0.15, 0.2) is 67.5 Å². The minimum atomic E-state index is -0.555. The molecule has 0 radical (unpaired) electrons. The summed E-state index contributed by atoms with van der Waals surface area (Å²) < 4.78 is 15.9. The molecule has 4 nitrogen and oxygen atoms in total. The van der Waals surface area contributed by atoms with Gasteiger partial charge in [0.1, 0.15) is 11.6 Å². The Labute approximate surface area is 172 Å². The lowest BCUT2D eigenvalue weighted by Crippen LogP contribution is -2.32. The van der Waals surface area contributed by atoms with Crippen molar-refractivity contribution < 1.29 is 9.18 Å². The molecule has 0 aliphatic rings. The Morgan fingerprint density at radius 2 is 2.00 bits per heavy atom. The number of benzene rings is 2. The van der Waals surface area contributed by atoms with E-state index >= 15 is 0 Å². The molecule has 3 rings (SSSR count). The third-order valence-electron chi connectivity index (χ3n) is 4.21. The van der Waals surface area contributed by atoms with E-state index in [2.05, 4.69) is 11.6 Å². The second-order valence-corrected chi connectivity index (χ2v) is 6.99. The van der Waals surface area contributed by atoms with Gasteiger partial charge in [-0.25, -0.2) is 9.37 Å². The molecule has 0 spiro atoms. The van der Waals surface area contributed by atoms with Gasteiger partial charge >= 0.3 is 0 Å². The van der Waals surface area contributed by atoms with E-state index in [4.69, 9.17) is 23.2 Å². The van der Waals surface area contributed by atoms with Crippen molar-refractivity contribution in [1.82, 2.24) is 14.5 Å². The molecule has 0 saturated carbocycles. The third kappa shape index (κ3) is 4.61. The van der Waals surface area contributed by atoms with E-state index < -0.39 is 11.7 Å². The van der Waals surface area contributed by atoms with Crippen LogP contribution in [0.4, 0.5) is 4.39 Å². The number of amides is 1. The molecule has 0 unspecified atom stereocenters. The zero-order valence-corrected chi connectivity index (χ0v) is 16.5. The molecule has 1 heterocycles. The Kier molecular flexibility index (Phi) is 6.49. The second kappa shape index (κ2) is 9.04. The van der Waals surface area contributed by atoms with Crippen LogP contribution in [0.3, 0.4) is 0 Å². The van der Waals surface area contributed by atoms with Crippen molar-refractivity contribution in [1.29, 1.82) is 0 Å². The fourth-order valence-corrected chi connectivity index (χ4v) is 3.14. The molecule has 0 aliphatic carbocycles. The predicted molar refractivity (Wildman–Crippen MR) is 109 cm³/mol. The summed E-state index contributed by atoms with van der Waals surface area (Å²) in [7, 11) is 0. The fraction of sp³-hybridized carbons (Fsp3) is 0.143. The quantitative estimate of drug-likeness (QED) is 0.495. The maximum atomic E-state index is 14.0. The number of rotatable bonds is 7. The summed E-state index contributed by atoms with van der Waals surface area (Å²) in [6, 6.07) is 11.3. The zero-order valence-electron chi connectivity index (χ0n) is 15.0. The number of hydrogen-bond acceptors (Lipinski definition) is 2. The van der Waals surface area contributed by atoms with Gasteiger partial charge in [0.05, 0.1) is 22.2 Å². The van der Waals surface area contributed by atoms with Crippen molar-refractivity contribution in [2.24, 2.45) is 0 Å². The number of nitrogens with zero attached hydrogens (tertiary/aromatic N) is 3. The number of imidazole rings is 1. The van der Waals surface area contributed by atoms with E-state index in [0.29, 0.717) is 22.4 Å². The summed E-state index contributed by atoms with van der Waals surface area (Å²) in [5.74, 6) is -0.305. The van der Waals surface area contributed by atoms with E-state index in [1.54, 1.807) is 36.5 Å². The molecule has 1 aromatic heterocycles. The molecule has 144 valence electrons. The average molecular weight is 418 g/mol. The monoisotopic (exact) mass is 417 g/mol. The van der Waals surface area contributed by atoms with Crippen LogP contribution in [0.1, 0.15) is 21.7 Å². The number of aromatic nitrogens is 2. The van der Waals surface area contributed by atoms with Gasteiger partial charge in [0.2, 0.25) is 0 Å². The van der Waals surface area contributed by atoms with Crippen LogP contribution < -0.4 is 0 Å². The highest BCUT2D eigenvalue weighted by atomic mass is 35.5. The van der Waals surface area contributed by atoms with E-state index in [1.807, 2.05) is 16.8 Å². The van der Waals surface area contributed by atoms with Crippen LogP contribution >= 0.6 is 23.2 Å². The maximum Gasteiger partial charge on any atom is 0.257 e. The van der Waals surface area contributed by atoms with Gasteiger partial charge in [0.25, 0.3) is 5.91 Å². The molecule has 7 heteroatoms. The van der Waals surface area contributed by atoms with Crippen LogP contribution in [0, 0.1) is 5.82 Å². The van der Waals surface area contributed by atoms with Gasteiger partial charge < -0.3 is 9.47 Å². The van der Waals surface area contributed by atoms with Gasteiger partial charge in [0.15, 0.2) is 0 Å². The molecule has 0 N–H and O–H groups in total. The Morgan fingerprint density at radius 1 is 1.21 bits per heavy atom. The smallest absolute Gasteiger partial charge is 0.257 e. The topological polar surface area (TPSA) is 38.1 Å².